The van der Waals surface area contributed by atoms with Crippen LogP contribution in [0.25, 0.3) is 11.3 Å². The Morgan fingerprint density at radius 1 is 1.00 bits per heavy atom. The average molecular weight is 302 g/mol. The van der Waals surface area contributed by atoms with Crippen molar-refractivity contribution in [2.45, 2.75) is 6.42 Å². The number of hydrogen-bond donors (Lipinski definition) is 1. The lowest BCUT2D eigenvalue weighted by Crippen LogP contribution is -1.90. The molecule has 0 aliphatic heterocycles. The largest absolute Gasteiger partial charge is 0.399 e. The van der Waals surface area contributed by atoms with Gasteiger partial charge in [0.05, 0.1) is 10.7 Å². The van der Waals surface area contributed by atoms with Crippen molar-refractivity contribution in [1.29, 1.82) is 0 Å². The summed E-state index contributed by atoms with van der Waals surface area (Å²) in [7, 11) is 0. The Labute approximate surface area is 124 Å². The van der Waals surface area contributed by atoms with E-state index >= 15 is 0 Å². The van der Waals surface area contributed by atoms with E-state index in [1.54, 1.807) is 5.38 Å². The molecule has 0 saturated heterocycles. The van der Waals surface area contributed by atoms with Crippen LogP contribution in [-0.4, -0.2) is 4.98 Å². The fraction of sp³-hybridized carbons (Fsp3) is 0.0625. The summed E-state index contributed by atoms with van der Waals surface area (Å²) in [5.74, 6) is -1.20. The van der Waals surface area contributed by atoms with Gasteiger partial charge in [0, 0.05) is 29.1 Å². The monoisotopic (exact) mass is 302 g/mol. The molecule has 2 aromatic carbocycles. The van der Waals surface area contributed by atoms with Crippen LogP contribution in [0.2, 0.25) is 0 Å². The van der Waals surface area contributed by atoms with Gasteiger partial charge in [-0.25, -0.2) is 13.8 Å². The van der Waals surface area contributed by atoms with E-state index in [4.69, 9.17) is 5.73 Å². The number of anilines is 1. The minimum absolute atomic E-state index is 0.451. The lowest BCUT2D eigenvalue weighted by molar-refractivity contribution is 0.584. The molecule has 0 atom stereocenters. The van der Waals surface area contributed by atoms with Gasteiger partial charge >= 0.3 is 0 Å². The fourth-order valence-electron chi connectivity index (χ4n) is 2.04. The van der Waals surface area contributed by atoms with Crippen molar-refractivity contribution in [2.75, 3.05) is 5.73 Å². The molecule has 0 aliphatic carbocycles. The van der Waals surface area contributed by atoms with E-state index in [1.807, 2.05) is 24.3 Å². The van der Waals surface area contributed by atoms with Crippen molar-refractivity contribution < 1.29 is 8.78 Å². The summed E-state index contributed by atoms with van der Waals surface area (Å²) < 4.78 is 26.5. The summed E-state index contributed by atoms with van der Waals surface area (Å²) in [6, 6.07) is 11.0. The van der Waals surface area contributed by atoms with Crippen LogP contribution in [0.3, 0.4) is 0 Å². The Bertz CT molecular complexity index is 746. The molecule has 0 saturated carbocycles. The second-order valence-electron chi connectivity index (χ2n) is 4.70. The van der Waals surface area contributed by atoms with Crippen LogP contribution >= 0.6 is 11.3 Å². The maximum atomic E-state index is 13.2. The van der Waals surface area contributed by atoms with Crippen molar-refractivity contribution in [1.82, 2.24) is 4.98 Å². The zero-order chi connectivity index (χ0) is 14.8. The summed E-state index contributed by atoms with van der Waals surface area (Å²) >= 11 is 1.47. The van der Waals surface area contributed by atoms with Gasteiger partial charge < -0.3 is 5.73 Å². The summed E-state index contributed by atoms with van der Waals surface area (Å²) in [5, 5.41) is 2.69. The van der Waals surface area contributed by atoms with Crippen molar-refractivity contribution in [3.05, 3.63) is 70.1 Å². The highest BCUT2D eigenvalue weighted by Gasteiger charge is 2.08. The Morgan fingerprint density at radius 3 is 2.33 bits per heavy atom. The van der Waals surface area contributed by atoms with E-state index in [0.29, 0.717) is 23.4 Å². The van der Waals surface area contributed by atoms with Crippen molar-refractivity contribution in [3.8, 4) is 11.3 Å². The number of halogens is 2. The first-order valence-corrected chi connectivity index (χ1v) is 7.23. The summed E-state index contributed by atoms with van der Waals surface area (Å²) in [5.41, 5.74) is 8.49. The van der Waals surface area contributed by atoms with Gasteiger partial charge in [0.2, 0.25) is 0 Å². The second-order valence-corrected chi connectivity index (χ2v) is 5.65. The predicted octanol–water partition coefficient (Wildman–Crippen LogP) is 4.26. The van der Waals surface area contributed by atoms with E-state index in [0.717, 1.165) is 16.6 Å². The Hall–Kier alpha value is -2.27. The number of nitrogens with zero attached hydrogens (tertiary/aromatic N) is 1. The molecule has 1 aromatic heterocycles. The maximum absolute atomic E-state index is 13.2. The highest BCUT2D eigenvalue weighted by Crippen LogP contribution is 2.25. The number of nitrogens with two attached hydrogens (primary N) is 1. The average Bonchev–Trinajstić information content (AvgIpc) is 2.89. The molecule has 0 bridgehead atoms. The van der Waals surface area contributed by atoms with Gasteiger partial charge in [0.15, 0.2) is 0 Å². The minimum Gasteiger partial charge on any atom is -0.399 e. The number of benzene rings is 2. The lowest BCUT2D eigenvalue weighted by Gasteiger charge is -1.99. The zero-order valence-corrected chi connectivity index (χ0v) is 11.8. The third-order valence-electron chi connectivity index (χ3n) is 3.05. The number of aromatic nitrogens is 1. The van der Waals surface area contributed by atoms with E-state index in [2.05, 4.69) is 4.98 Å². The quantitative estimate of drug-likeness (QED) is 0.734. The Morgan fingerprint density at radius 2 is 1.67 bits per heavy atom. The molecule has 106 valence electrons. The first-order valence-electron chi connectivity index (χ1n) is 6.35. The molecule has 0 spiro atoms. The lowest BCUT2D eigenvalue weighted by atomic mass is 10.1. The standard InChI is InChI=1S/C16H12F2N2S/c17-12-6-11(7-13(18)8-12)15-9-21-16(20-15)5-10-1-3-14(19)4-2-10/h1-4,6-9H,5,19H2. The van der Waals surface area contributed by atoms with Crippen LogP contribution in [-0.2, 0) is 6.42 Å². The molecule has 2 nitrogen and oxygen atoms in total. The van der Waals surface area contributed by atoms with Crippen LogP contribution < -0.4 is 5.73 Å². The van der Waals surface area contributed by atoms with Crippen molar-refractivity contribution >= 4 is 17.0 Å². The van der Waals surface area contributed by atoms with Gasteiger partial charge in [-0.15, -0.1) is 11.3 Å². The van der Waals surface area contributed by atoms with E-state index < -0.39 is 11.6 Å². The summed E-state index contributed by atoms with van der Waals surface area (Å²) in [6.07, 6.45) is 0.669. The second kappa shape index (κ2) is 5.61. The first-order chi connectivity index (χ1) is 10.1. The Balaban J connectivity index is 1.84. The van der Waals surface area contributed by atoms with E-state index in [1.165, 1.54) is 23.5 Å². The number of hydrogen-bond acceptors (Lipinski definition) is 3. The highest BCUT2D eigenvalue weighted by atomic mass is 32.1. The van der Waals surface area contributed by atoms with Gasteiger partial charge in [-0.3, -0.25) is 0 Å². The number of nitrogen functional groups attached to an aromatic ring is 1. The summed E-state index contributed by atoms with van der Waals surface area (Å²) in [6.45, 7) is 0. The maximum Gasteiger partial charge on any atom is 0.126 e. The van der Waals surface area contributed by atoms with Gasteiger partial charge in [0.1, 0.15) is 11.6 Å². The molecule has 1 heterocycles. The molecule has 0 radical (unpaired) electrons. The molecule has 2 N–H and O–H groups in total. The molecule has 21 heavy (non-hydrogen) atoms. The zero-order valence-electron chi connectivity index (χ0n) is 11.0. The third-order valence-corrected chi connectivity index (χ3v) is 3.89. The van der Waals surface area contributed by atoms with Crippen LogP contribution in [0.1, 0.15) is 10.6 Å². The molecular formula is C16H12F2N2S. The minimum atomic E-state index is -0.599. The van der Waals surface area contributed by atoms with Gasteiger partial charge in [0.25, 0.3) is 0 Å². The first kappa shape index (κ1) is 13.7. The normalized spacial score (nSPS) is 10.8. The van der Waals surface area contributed by atoms with Crippen LogP contribution in [0, 0.1) is 11.6 Å². The topological polar surface area (TPSA) is 38.9 Å². The third kappa shape index (κ3) is 3.25. The molecule has 0 unspecified atom stereocenters. The fourth-order valence-corrected chi connectivity index (χ4v) is 2.87. The van der Waals surface area contributed by atoms with E-state index in [-0.39, 0.29) is 0 Å². The highest BCUT2D eigenvalue weighted by molar-refractivity contribution is 7.10. The van der Waals surface area contributed by atoms with Gasteiger partial charge in [-0.05, 0) is 29.8 Å². The molecule has 5 heteroatoms. The smallest absolute Gasteiger partial charge is 0.126 e. The molecule has 0 fully saturated rings. The molecule has 0 aliphatic rings. The summed E-state index contributed by atoms with van der Waals surface area (Å²) in [4.78, 5) is 4.43. The van der Waals surface area contributed by atoms with Gasteiger partial charge in [-0.2, -0.15) is 0 Å². The molecule has 0 amide bonds. The molecule has 3 aromatic rings. The predicted molar refractivity (Wildman–Crippen MR) is 81.1 cm³/mol. The van der Waals surface area contributed by atoms with Crippen LogP contribution in [0.15, 0.2) is 47.8 Å². The molecular weight excluding hydrogens is 290 g/mol. The van der Waals surface area contributed by atoms with Gasteiger partial charge in [-0.1, -0.05) is 12.1 Å². The van der Waals surface area contributed by atoms with Crippen LogP contribution in [0.4, 0.5) is 14.5 Å². The Kier molecular flexibility index (Phi) is 3.66. The van der Waals surface area contributed by atoms with Crippen molar-refractivity contribution in [3.63, 3.8) is 0 Å². The molecule has 3 rings (SSSR count). The number of thiazole rings is 1. The SMILES string of the molecule is Nc1ccc(Cc2nc(-c3cc(F)cc(F)c3)cs2)cc1. The van der Waals surface area contributed by atoms with E-state index in [9.17, 15) is 8.78 Å². The number of rotatable bonds is 3. The van der Waals surface area contributed by atoms with Crippen LogP contribution in [0.5, 0.6) is 0 Å². The van der Waals surface area contributed by atoms with Crippen molar-refractivity contribution in [2.24, 2.45) is 0 Å².